The molecule has 0 aromatic heterocycles. The highest BCUT2D eigenvalue weighted by atomic mass is 32.2. The quantitative estimate of drug-likeness (QED) is 0.523. The molecule has 0 radical (unpaired) electrons. The standard InChI is InChI=1S/C22H36N4O5S/c1-17-7-8-18(32(29,30)24-22(2,3)4)15-19(17)21(28)26-12-10-25(11-13-26)16-20(27)23-9-6-14-31-5/h7-8,15,24H,6,9-14,16H2,1-5H3,(H,23,27). The number of aryl methyl sites for hydroxylation is 1. The molecule has 0 bridgehead atoms. The molecule has 1 aliphatic heterocycles. The molecular weight excluding hydrogens is 432 g/mol. The summed E-state index contributed by atoms with van der Waals surface area (Å²) in [5, 5.41) is 2.86. The lowest BCUT2D eigenvalue weighted by Gasteiger charge is -2.34. The minimum absolute atomic E-state index is 0.0408. The Morgan fingerprint density at radius 2 is 1.78 bits per heavy atom. The van der Waals surface area contributed by atoms with Gasteiger partial charge < -0.3 is 15.0 Å². The fourth-order valence-electron chi connectivity index (χ4n) is 3.44. The van der Waals surface area contributed by atoms with Crippen molar-refractivity contribution in [3.8, 4) is 0 Å². The van der Waals surface area contributed by atoms with E-state index in [9.17, 15) is 18.0 Å². The first kappa shape index (κ1) is 26.2. The van der Waals surface area contributed by atoms with E-state index in [1.807, 2.05) is 4.90 Å². The molecule has 0 spiro atoms. The van der Waals surface area contributed by atoms with E-state index in [0.717, 1.165) is 12.0 Å². The van der Waals surface area contributed by atoms with Crippen LogP contribution in [-0.2, 0) is 19.6 Å². The van der Waals surface area contributed by atoms with E-state index >= 15 is 0 Å². The predicted molar refractivity (Wildman–Crippen MR) is 123 cm³/mol. The molecule has 1 saturated heterocycles. The van der Waals surface area contributed by atoms with Gasteiger partial charge in [0.15, 0.2) is 0 Å². The maximum Gasteiger partial charge on any atom is 0.254 e. The van der Waals surface area contributed by atoms with Gasteiger partial charge in [0.05, 0.1) is 11.4 Å². The number of sulfonamides is 1. The van der Waals surface area contributed by atoms with Crippen molar-refractivity contribution in [2.75, 3.05) is 53.0 Å². The Kier molecular flexibility index (Phi) is 9.20. The van der Waals surface area contributed by atoms with Gasteiger partial charge in [-0.15, -0.1) is 0 Å². The van der Waals surface area contributed by atoms with Crippen molar-refractivity contribution in [3.05, 3.63) is 29.3 Å². The highest BCUT2D eigenvalue weighted by Gasteiger charge is 2.27. The third-order valence-corrected chi connectivity index (χ3v) is 6.82. The molecule has 180 valence electrons. The van der Waals surface area contributed by atoms with Crippen LogP contribution in [0, 0.1) is 6.92 Å². The highest BCUT2D eigenvalue weighted by molar-refractivity contribution is 7.89. The summed E-state index contributed by atoms with van der Waals surface area (Å²) in [6, 6.07) is 4.63. The third kappa shape index (κ3) is 7.84. The first-order valence-corrected chi connectivity index (χ1v) is 12.3. The minimum atomic E-state index is -3.74. The number of amides is 2. The van der Waals surface area contributed by atoms with Gasteiger partial charge >= 0.3 is 0 Å². The molecule has 1 aliphatic rings. The average molecular weight is 469 g/mol. The zero-order chi connectivity index (χ0) is 23.9. The third-order valence-electron chi connectivity index (χ3n) is 5.06. The Bertz CT molecular complexity index is 903. The topological polar surface area (TPSA) is 108 Å². The number of nitrogens with one attached hydrogen (secondary N) is 2. The summed E-state index contributed by atoms with van der Waals surface area (Å²) in [5.41, 5.74) is 0.481. The van der Waals surface area contributed by atoms with Crippen LogP contribution >= 0.6 is 0 Å². The van der Waals surface area contributed by atoms with Gasteiger partial charge in [0.25, 0.3) is 5.91 Å². The molecule has 0 atom stereocenters. The second-order valence-corrected chi connectivity index (χ2v) is 10.8. The van der Waals surface area contributed by atoms with Gasteiger partial charge in [0.2, 0.25) is 15.9 Å². The van der Waals surface area contributed by atoms with E-state index in [1.54, 1.807) is 45.8 Å². The van der Waals surface area contributed by atoms with E-state index in [4.69, 9.17) is 4.74 Å². The molecule has 2 amide bonds. The fraction of sp³-hybridized carbons (Fsp3) is 0.636. The van der Waals surface area contributed by atoms with E-state index in [0.29, 0.717) is 51.4 Å². The van der Waals surface area contributed by atoms with Crippen LogP contribution in [-0.4, -0.2) is 88.6 Å². The van der Waals surface area contributed by atoms with E-state index < -0.39 is 15.6 Å². The summed E-state index contributed by atoms with van der Waals surface area (Å²) in [6.07, 6.45) is 0.768. The number of hydrogen-bond acceptors (Lipinski definition) is 6. The lowest BCUT2D eigenvalue weighted by molar-refractivity contribution is -0.122. The normalized spacial score (nSPS) is 15.6. The number of nitrogens with zero attached hydrogens (tertiary/aromatic N) is 2. The molecular formula is C22H36N4O5S. The SMILES string of the molecule is COCCCNC(=O)CN1CCN(C(=O)c2cc(S(=O)(=O)NC(C)(C)C)ccc2C)CC1. The van der Waals surface area contributed by atoms with Crippen LogP contribution in [0.4, 0.5) is 0 Å². The number of ether oxygens (including phenoxy) is 1. The Labute approximate surface area is 191 Å². The fourth-order valence-corrected chi connectivity index (χ4v) is 4.89. The first-order chi connectivity index (χ1) is 14.9. The number of benzene rings is 1. The zero-order valence-electron chi connectivity index (χ0n) is 19.7. The smallest absolute Gasteiger partial charge is 0.254 e. The molecule has 1 aromatic rings. The number of carbonyl (C=O) groups excluding carboxylic acids is 2. The lowest BCUT2D eigenvalue weighted by atomic mass is 10.1. The van der Waals surface area contributed by atoms with Crippen LogP contribution in [0.25, 0.3) is 0 Å². The second-order valence-electron chi connectivity index (χ2n) is 9.10. The molecule has 0 unspecified atom stereocenters. The van der Waals surface area contributed by atoms with Gasteiger partial charge in [-0.25, -0.2) is 13.1 Å². The van der Waals surface area contributed by atoms with E-state index in [1.165, 1.54) is 12.1 Å². The molecule has 9 nitrogen and oxygen atoms in total. The molecule has 10 heteroatoms. The zero-order valence-corrected chi connectivity index (χ0v) is 20.5. The number of carbonyl (C=O) groups is 2. The Morgan fingerprint density at radius 3 is 2.38 bits per heavy atom. The monoisotopic (exact) mass is 468 g/mol. The largest absolute Gasteiger partial charge is 0.385 e. The van der Waals surface area contributed by atoms with Crippen molar-refractivity contribution in [2.24, 2.45) is 0 Å². The van der Waals surface area contributed by atoms with E-state index in [-0.39, 0.29) is 16.7 Å². The summed E-state index contributed by atoms with van der Waals surface area (Å²) in [6.45, 7) is 10.7. The van der Waals surface area contributed by atoms with Crippen LogP contribution in [0.15, 0.2) is 23.1 Å². The molecule has 1 aromatic carbocycles. The van der Waals surface area contributed by atoms with Crippen molar-refractivity contribution < 1.29 is 22.7 Å². The number of piperazine rings is 1. The van der Waals surface area contributed by atoms with Crippen LogP contribution in [0.1, 0.15) is 43.1 Å². The number of hydrogen-bond donors (Lipinski definition) is 2. The van der Waals surface area contributed by atoms with E-state index in [2.05, 4.69) is 10.0 Å². The van der Waals surface area contributed by atoms with Gasteiger partial charge in [-0.3, -0.25) is 14.5 Å². The van der Waals surface area contributed by atoms with Gasteiger partial charge in [0.1, 0.15) is 0 Å². The maximum absolute atomic E-state index is 13.1. The summed E-state index contributed by atoms with van der Waals surface area (Å²) >= 11 is 0. The summed E-state index contributed by atoms with van der Waals surface area (Å²) in [5.74, 6) is -0.236. The van der Waals surface area contributed by atoms with Crippen molar-refractivity contribution >= 4 is 21.8 Å². The first-order valence-electron chi connectivity index (χ1n) is 10.8. The van der Waals surface area contributed by atoms with Crippen molar-refractivity contribution in [1.29, 1.82) is 0 Å². The van der Waals surface area contributed by atoms with Gasteiger partial charge in [-0.1, -0.05) is 6.07 Å². The maximum atomic E-state index is 13.1. The highest BCUT2D eigenvalue weighted by Crippen LogP contribution is 2.20. The number of rotatable bonds is 9. The van der Waals surface area contributed by atoms with Crippen molar-refractivity contribution in [3.63, 3.8) is 0 Å². The molecule has 0 aliphatic carbocycles. The van der Waals surface area contributed by atoms with Gasteiger partial charge in [-0.2, -0.15) is 0 Å². The molecule has 32 heavy (non-hydrogen) atoms. The number of methoxy groups -OCH3 is 1. The van der Waals surface area contributed by atoms with Crippen LogP contribution in [0.3, 0.4) is 0 Å². The molecule has 2 rings (SSSR count). The average Bonchev–Trinajstić information content (AvgIpc) is 2.70. The Morgan fingerprint density at radius 1 is 1.12 bits per heavy atom. The van der Waals surface area contributed by atoms with Crippen molar-refractivity contribution in [1.82, 2.24) is 19.8 Å². The summed E-state index contributed by atoms with van der Waals surface area (Å²) in [7, 11) is -2.11. The summed E-state index contributed by atoms with van der Waals surface area (Å²) < 4.78 is 32.9. The van der Waals surface area contributed by atoms with Gasteiger partial charge in [0, 0.05) is 57.5 Å². The molecule has 2 N–H and O–H groups in total. The summed E-state index contributed by atoms with van der Waals surface area (Å²) in [4.78, 5) is 29.0. The Balaban J connectivity index is 1.98. The van der Waals surface area contributed by atoms with Crippen LogP contribution in [0.5, 0.6) is 0 Å². The lowest BCUT2D eigenvalue weighted by Crippen LogP contribution is -2.51. The molecule has 1 fully saturated rings. The van der Waals surface area contributed by atoms with Crippen LogP contribution < -0.4 is 10.0 Å². The molecule has 1 heterocycles. The van der Waals surface area contributed by atoms with Crippen molar-refractivity contribution in [2.45, 2.75) is 44.6 Å². The minimum Gasteiger partial charge on any atom is -0.385 e. The van der Waals surface area contributed by atoms with Gasteiger partial charge in [-0.05, 0) is 51.8 Å². The predicted octanol–water partition coefficient (Wildman–Crippen LogP) is 0.982. The Hall–Kier alpha value is -2.01. The second kappa shape index (κ2) is 11.2. The van der Waals surface area contributed by atoms with Crippen LogP contribution in [0.2, 0.25) is 0 Å². The molecule has 0 saturated carbocycles.